The van der Waals surface area contributed by atoms with Gasteiger partial charge in [-0.1, -0.05) is 18.2 Å². The van der Waals surface area contributed by atoms with Crippen molar-refractivity contribution in [1.29, 1.82) is 0 Å². The fraction of sp³-hybridized carbons (Fsp3) is 0.235. The number of hydrogen-bond donors (Lipinski definition) is 0. The van der Waals surface area contributed by atoms with Crippen molar-refractivity contribution < 1.29 is 0 Å². The van der Waals surface area contributed by atoms with Crippen LogP contribution in [0.3, 0.4) is 0 Å². The van der Waals surface area contributed by atoms with Gasteiger partial charge in [0.15, 0.2) is 0 Å². The molecule has 0 saturated carbocycles. The van der Waals surface area contributed by atoms with Gasteiger partial charge < -0.3 is 0 Å². The van der Waals surface area contributed by atoms with Crippen molar-refractivity contribution >= 4 is 11.6 Å². The van der Waals surface area contributed by atoms with Crippen molar-refractivity contribution in [3.05, 3.63) is 65.6 Å². The summed E-state index contributed by atoms with van der Waals surface area (Å²) in [5.74, 6) is 1.98. The highest BCUT2D eigenvalue weighted by Gasteiger charge is 2.45. The van der Waals surface area contributed by atoms with Gasteiger partial charge in [-0.3, -0.25) is 0 Å². The Morgan fingerprint density at radius 3 is 2.33 bits per heavy atom. The second-order valence-corrected chi connectivity index (χ2v) is 5.45. The third kappa shape index (κ3) is 1.42. The summed E-state index contributed by atoms with van der Waals surface area (Å²) in [6, 6.07) is 17.2. The zero-order valence-corrected chi connectivity index (χ0v) is 11.5. The molecule has 0 spiro atoms. The van der Waals surface area contributed by atoms with Crippen LogP contribution in [-0.2, 0) is 5.41 Å². The molecule has 0 N–H and O–H groups in total. The number of halogens is 1. The topological polar surface area (TPSA) is 0 Å². The van der Waals surface area contributed by atoms with Crippen molar-refractivity contribution in [3.63, 3.8) is 0 Å². The summed E-state index contributed by atoms with van der Waals surface area (Å²) < 4.78 is 0. The van der Waals surface area contributed by atoms with E-state index < -0.39 is 0 Å². The van der Waals surface area contributed by atoms with Crippen LogP contribution < -0.4 is 0 Å². The van der Waals surface area contributed by atoms with Crippen LogP contribution in [0.15, 0.2) is 48.5 Å². The first-order valence-corrected chi connectivity index (χ1v) is 6.81. The lowest BCUT2D eigenvalue weighted by Crippen LogP contribution is -2.35. The molecule has 0 fully saturated rings. The van der Waals surface area contributed by atoms with Gasteiger partial charge in [-0.05, 0) is 30.7 Å². The van der Waals surface area contributed by atoms with E-state index in [9.17, 15) is 0 Å². The normalized spacial score (nSPS) is 21.4. The molecule has 1 aliphatic carbocycles. The van der Waals surface area contributed by atoms with Gasteiger partial charge >= 0.3 is 0 Å². The van der Waals surface area contributed by atoms with E-state index in [1.165, 1.54) is 28.2 Å². The average Bonchev–Trinajstić information content (AvgIpc) is 2.45. The zero-order valence-electron chi connectivity index (χ0n) is 10.7. The van der Waals surface area contributed by atoms with E-state index in [0.29, 0.717) is 5.88 Å². The highest BCUT2D eigenvalue weighted by Crippen LogP contribution is 2.49. The maximum Gasteiger partial charge on any atom is 0.141 e. The molecule has 0 radical (unpaired) electrons. The third-order valence-electron chi connectivity index (χ3n) is 4.24. The molecule has 1 aliphatic rings. The van der Waals surface area contributed by atoms with Gasteiger partial charge in [0.05, 0.1) is 11.0 Å². The van der Waals surface area contributed by atoms with E-state index in [2.05, 4.69) is 62.4 Å². The van der Waals surface area contributed by atoms with Crippen molar-refractivity contribution in [2.75, 3.05) is 5.88 Å². The van der Waals surface area contributed by atoms with E-state index in [1.54, 1.807) is 0 Å². The Labute approximate surface area is 114 Å². The Morgan fingerprint density at radius 2 is 1.61 bits per heavy atom. The second kappa shape index (κ2) is 4.07. The van der Waals surface area contributed by atoms with Gasteiger partial charge in [-0.25, -0.2) is 0 Å². The molecule has 2 aromatic carbocycles. The van der Waals surface area contributed by atoms with Crippen LogP contribution in [0.1, 0.15) is 25.0 Å². The van der Waals surface area contributed by atoms with Gasteiger partial charge in [0.2, 0.25) is 0 Å². The lowest BCUT2D eigenvalue weighted by atomic mass is 9.64. The third-order valence-corrected chi connectivity index (χ3v) is 4.77. The largest absolute Gasteiger partial charge is 0.141 e. The second-order valence-electron chi connectivity index (χ2n) is 5.18. The van der Waals surface area contributed by atoms with Crippen LogP contribution in [0.25, 0.3) is 11.1 Å². The molecule has 1 heteroatoms. The monoisotopic (exact) mass is 255 g/mol. The van der Waals surface area contributed by atoms with Crippen molar-refractivity contribution in [2.45, 2.75) is 19.3 Å². The number of rotatable bonds is 1. The molecule has 3 rings (SSSR count). The summed E-state index contributed by atoms with van der Waals surface area (Å²) in [6.45, 7) is 4.45. The number of benzene rings is 2. The van der Waals surface area contributed by atoms with Crippen LogP contribution in [-0.4, -0.2) is 5.88 Å². The molecule has 0 nitrogen and oxygen atoms in total. The lowest BCUT2D eigenvalue weighted by molar-refractivity contribution is 0.565. The van der Waals surface area contributed by atoms with Crippen LogP contribution in [0.5, 0.6) is 0 Å². The molecule has 0 bridgehead atoms. The summed E-state index contributed by atoms with van der Waals surface area (Å²) in [7, 11) is 0. The number of hydrogen-bond acceptors (Lipinski definition) is 0. The molecule has 1 atom stereocenters. The van der Waals surface area contributed by atoms with E-state index in [-0.39, 0.29) is 5.41 Å². The first kappa shape index (κ1) is 11.7. The van der Waals surface area contributed by atoms with Crippen LogP contribution in [0.2, 0.25) is 0 Å². The maximum atomic E-state index is 6.29. The molecule has 0 saturated heterocycles. The van der Waals surface area contributed by atoms with E-state index in [0.717, 1.165) is 0 Å². The maximum absolute atomic E-state index is 6.29. The quantitative estimate of drug-likeness (QED) is 0.507. The Morgan fingerprint density at radius 1 is 1.00 bits per heavy atom. The van der Waals surface area contributed by atoms with Gasteiger partial charge in [0.1, 0.15) is 5.56 Å². The SMILES string of the molecule is C[C+]1c2ccccc2-c2ccccc2C1(C)CCl. The number of fused-ring (bicyclic) bond motifs is 3. The van der Waals surface area contributed by atoms with Gasteiger partial charge in [-0.2, -0.15) is 0 Å². The minimum absolute atomic E-state index is 0.0630. The first-order chi connectivity index (χ1) is 8.68. The highest BCUT2D eigenvalue weighted by atomic mass is 35.5. The van der Waals surface area contributed by atoms with Crippen LogP contribution in [0.4, 0.5) is 0 Å². The predicted octanol–water partition coefficient (Wildman–Crippen LogP) is 4.81. The minimum Gasteiger partial charge on any atom is -0.124 e. The van der Waals surface area contributed by atoms with Crippen LogP contribution >= 0.6 is 11.6 Å². The molecular formula is C17H16Cl+. The average molecular weight is 256 g/mol. The summed E-state index contributed by atoms with van der Waals surface area (Å²) in [6.07, 6.45) is 0. The molecule has 2 aromatic rings. The molecule has 1 unspecified atom stereocenters. The molecular weight excluding hydrogens is 240 g/mol. The Hall–Kier alpha value is -1.40. The summed E-state index contributed by atoms with van der Waals surface area (Å²) in [5.41, 5.74) is 5.26. The molecule has 0 aliphatic heterocycles. The molecule has 90 valence electrons. The van der Waals surface area contributed by atoms with E-state index >= 15 is 0 Å². The summed E-state index contributed by atoms with van der Waals surface area (Å²) in [4.78, 5) is 0. The smallest absolute Gasteiger partial charge is 0.124 e. The summed E-state index contributed by atoms with van der Waals surface area (Å²) >= 11 is 6.29. The Balaban J connectivity index is 2.35. The van der Waals surface area contributed by atoms with E-state index in [4.69, 9.17) is 11.6 Å². The molecule has 0 heterocycles. The number of alkyl halides is 1. The van der Waals surface area contributed by atoms with Gasteiger partial charge in [-0.15, -0.1) is 11.6 Å². The molecule has 18 heavy (non-hydrogen) atoms. The Kier molecular flexibility index (Phi) is 2.64. The minimum atomic E-state index is -0.0630. The fourth-order valence-corrected chi connectivity index (χ4v) is 3.26. The summed E-state index contributed by atoms with van der Waals surface area (Å²) in [5, 5.41) is 0. The predicted molar refractivity (Wildman–Crippen MR) is 78.0 cm³/mol. The Bertz CT molecular complexity index is 588. The van der Waals surface area contributed by atoms with Gasteiger partial charge in [0, 0.05) is 36.4 Å². The van der Waals surface area contributed by atoms with Crippen molar-refractivity contribution in [3.8, 4) is 11.1 Å². The van der Waals surface area contributed by atoms with Crippen molar-refractivity contribution in [2.24, 2.45) is 0 Å². The van der Waals surface area contributed by atoms with Crippen molar-refractivity contribution in [1.82, 2.24) is 0 Å². The molecule has 0 aromatic heterocycles. The lowest BCUT2D eigenvalue weighted by Gasteiger charge is -2.35. The van der Waals surface area contributed by atoms with Crippen LogP contribution in [0, 0.1) is 5.92 Å². The standard InChI is InChI=1S/C17H16Cl/c1-12-13-7-3-4-8-14(13)15-9-5-6-10-16(15)17(12,2)11-18/h3-10H,11H2,1-2H3/q+1. The van der Waals surface area contributed by atoms with Gasteiger partial charge in [0.25, 0.3) is 0 Å². The zero-order chi connectivity index (χ0) is 12.8. The highest BCUT2D eigenvalue weighted by molar-refractivity contribution is 6.19. The fourth-order valence-electron chi connectivity index (χ4n) is 2.92. The van der Waals surface area contributed by atoms with E-state index in [1.807, 2.05) is 0 Å². The first-order valence-electron chi connectivity index (χ1n) is 6.28. The molecule has 0 amide bonds.